The van der Waals surface area contributed by atoms with Gasteiger partial charge in [-0.15, -0.1) is 0 Å². The molecule has 0 bridgehead atoms. The molecule has 1 unspecified atom stereocenters. The van der Waals surface area contributed by atoms with Gasteiger partial charge in [0, 0.05) is 20.2 Å². The first kappa shape index (κ1) is 13.9. The molecule has 1 aromatic heterocycles. The molecule has 0 amide bonds. The number of ether oxygens (including phenoxy) is 1. The van der Waals surface area contributed by atoms with Gasteiger partial charge in [-0.2, -0.15) is 8.75 Å². The van der Waals surface area contributed by atoms with Gasteiger partial charge in [-0.1, -0.05) is 12.2 Å². The standard InChI is InChI=1S/C15H21N3OS/c1-18-8-4-6-12(10-18)15-14(16-20-17-15)11-5-3-7-13(9-11)19-2/h6,9,13H,3-5,7-8,10H2,1-2H3. The Morgan fingerprint density at radius 3 is 2.85 bits per heavy atom. The maximum absolute atomic E-state index is 5.48. The fourth-order valence-electron chi connectivity index (χ4n) is 2.94. The molecule has 2 aliphatic rings. The Kier molecular flexibility index (Phi) is 4.29. The highest BCUT2D eigenvalue weighted by atomic mass is 32.1. The van der Waals surface area contributed by atoms with Crippen molar-refractivity contribution < 1.29 is 4.74 Å². The van der Waals surface area contributed by atoms with E-state index >= 15 is 0 Å². The number of likely N-dealkylation sites (N-methyl/N-ethyl adjacent to an activating group) is 1. The van der Waals surface area contributed by atoms with Gasteiger partial charge in [0.2, 0.25) is 0 Å². The molecular formula is C15H21N3OS. The Hall–Kier alpha value is -1.04. The fourth-order valence-corrected chi connectivity index (χ4v) is 3.55. The van der Waals surface area contributed by atoms with Gasteiger partial charge in [-0.05, 0) is 43.9 Å². The Morgan fingerprint density at radius 1 is 1.30 bits per heavy atom. The van der Waals surface area contributed by atoms with Gasteiger partial charge in [0.05, 0.1) is 17.8 Å². The van der Waals surface area contributed by atoms with E-state index in [0.717, 1.165) is 43.7 Å². The normalized spacial score (nSPS) is 24.4. The van der Waals surface area contributed by atoms with E-state index in [9.17, 15) is 0 Å². The highest BCUT2D eigenvalue weighted by molar-refractivity contribution is 6.99. The second-order valence-corrected chi connectivity index (χ2v) is 6.10. The van der Waals surface area contributed by atoms with Crippen molar-refractivity contribution in [3.8, 4) is 0 Å². The van der Waals surface area contributed by atoms with Gasteiger partial charge < -0.3 is 9.64 Å². The molecule has 0 spiro atoms. The van der Waals surface area contributed by atoms with Crippen LogP contribution in [0, 0.1) is 0 Å². The summed E-state index contributed by atoms with van der Waals surface area (Å²) in [5, 5.41) is 0. The smallest absolute Gasteiger partial charge is 0.109 e. The quantitative estimate of drug-likeness (QED) is 0.858. The summed E-state index contributed by atoms with van der Waals surface area (Å²) in [4.78, 5) is 2.34. The van der Waals surface area contributed by atoms with Crippen LogP contribution in [-0.2, 0) is 4.74 Å². The highest BCUT2D eigenvalue weighted by Crippen LogP contribution is 2.32. The van der Waals surface area contributed by atoms with Crippen LogP contribution >= 0.6 is 11.7 Å². The molecule has 108 valence electrons. The van der Waals surface area contributed by atoms with Gasteiger partial charge >= 0.3 is 0 Å². The third kappa shape index (κ3) is 2.85. The van der Waals surface area contributed by atoms with Crippen LogP contribution in [0.3, 0.4) is 0 Å². The number of allylic oxidation sites excluding steroid dienone is 1. The SMILES string of the molecule is COC1C=C(c2nsnc2C2=CCCN(C)C2)CCC1. The minimum Gasteiger partial charge on any atom is -0.377 e. The molecule has 0 fully saturated rings. The monoisotopic (exact) mass is 291 g/mol. The van der Waals surface area contributed by atoms with Crippen molar-refractivity contribution >= 4 is 22.9 Å². The van der Waals surface area contributed by atoms with Crippen LogP contribution in [0.25, 0.3) is 11.1 Å². The van der Waals surface area contributed by atoms with Crippen molar-refractivity contribution in [2.24, 2.45) is 0 Å². The second-order valence-electron chi connectivity index (χ2n) is 5.58. The van der Waals surface area contributed by atoms with Gasteiger partial charge in [-0.3, -0.25) is 0 Å². The summed E-state index contributed by atoms with van der Waals surface area (Å²) >= 11 is 1.32. The van der Waals surface area contributed by atoms with Crippen LogP contribution in [0.1, 0.15) is 37.1 Å². The van der Waals surface area contributed by atoms with Crippen molar-refractivity contribution in [2.75, 3.05) is 27.2 Å². The van der Waals surface area contributed by atoms with Crippen molar-refractivity contribution in [2.45, 2.75) is 31.8 Å². The molecule has 2 heterocycles. The Labute approximate surface area is 124 Å². The summed E-state index contributed by atoms with van der Waals surface area (Å²) in [6.45, 7) is 2.10. The maximum Gasteiger partial charge on any atom is 0.109 e. The zero-order valence-corrected chi connectivity index (χ0v) is 12.9. The largest absolute Gasteiger partial charge is 0.377 e. The van der Waals surface area contributed by atoms with E-state index in [0.29, 0.717) is 0 Å². The number of hydrogen-bond donors (Lipinski definition) is 0. The first-order valence-corrected chi connectivity index (χ1v) is 7.95. The number of methoxy groups -OCH3 is 1. The van der Waals surface area contributed by atoms with Gasteiger partial charge in [0.25, 0.3) is 0 Å². The van der Waals surface area contributed by atoms with E-state index in [1.807, 2.05) is 0 Å². The molecule has 0 N–H and O–H groups in total. The van der Waals surface area contributed by atoms with Crippen LogP contribution in [0.15, 0.2) is 12.2 Å². The molecule has 1 aromatic rings. The molecule has 5 heteroatoms. The Bertz CT molecular complexity index is 535. The molecular weight excluding hydrogens is 270 g/mol. The molecule has 20 heavy (non-hydrogen) atoms. The van der Waals surface area contributed by atoms with Crippen LogP contribution in [-0.4, -0.2) is 47.0 Å². The third-order valence-electron chi connectivity index (χ3n) is 4.06. The highest BCUT2D eigenvalue weighted by Gasteiger charge is 2.22. The molecule has 0 saturated carbocycles. The van der Waals surface area contributed by atoms with E-state index in [4.69, 9.17) is 4.74 Å². The van der Waals surface area contributed by atoms with Crippen LogP contribution in [0.2, 0.25) is 0 Å². The lowest BCUT2D eigenvalue weighted by Gasteiger charge is -2.23. The number of aromatic nitrogens is 2. The molecule has 1 atom stereocenters. The van der Waals surface area contributed by atoms with E-state index in [1.54, 1.807) is 7.11 Å². The minimum absolute atomic E-state index is 0.233. The zero-order valence-electron chi connectivity index (χ0n) is 12.1. The molecule has 0 saturated heterocycles. The summed E-state index contributed by atoms with van der Waals surface area (Å²) < 4.78 is 14.6. The fraction of sp³-hybridized carbons (Fsp3) is 0.600. The summed E-state index contributed by atoms with van der Waals surface area (Å²) in [6, 6.07) is 0. The van der Waals surface area contributed by atoms with Crippen molar-refractivity contribution in [1.29, 1.82) is 0 Å². The van der Waals surface area contributed by atoms with E-state index in [2.05, 4.69) is 32.8 Å². The number of rotatable bonds is 3. The van der Waals surface area contributed by atoms with E-state index < -0.39 is 0 Å². The molecule has 0 aromatic carbocycles. The van der Waals surface area contributed by atoms with Crippen LogP contribution in [0.5, 0.6) is 0 Å². The van der Waals surface area contributed by atoms with Crippen molar-refractivity contribution in [1.82, 2.24) is 13.6 Å². The van der Waals surface area contributed by atoms with Crippen molar-refractivity contribution in [3.05, 3.63) is 23.5 Å². The lowest BCUT2D eigenvalue weighted by molar-refractivity contribution is 0.129. The summed E-state index contributed by atoms with van der Waals surface area (Å²) in [6.07, 6.45) is 9.24. The van der Waals surface area contributed by atoms with Gasteiger partial charge in [0.15, 0.2) is 0 Å². The topological polar surface area (TPSA) is 38.3 Å². The summed E-state index contributed by atoms with van der Waals surface area (Å²) in [5.41, 5.74) is 4.80. The van der Waals surface area contributed by atoms with Crippen LogP contribution in [0.4, 0.5) is 0 Å². The molecule has 0 radical (unpaired) electrons. The molecule has 3 rings (SSSR count). The van der Waals surface area contributed by atoms with E-state index in [1.165, 1.54) is 29.3 Å². The average Bonchev–Trinajstić information content (AvgIpc) is 2.97. The van der Waals surface area contributed by atoms with Gasteiger partial charge in [0.1, 0.15) is 11.4 Å². The lowest BCUT2D eigenvalue weighted by Crippen LogP contribution is -2.25. The Morgan fingerprint density at radius 2 is 2.10 bits per heavy atom. The molecule has 4 nitrogen and oxygen atoms in total. The second kappa shape index (κ2) is 6.16. The molecule has 1 aliphatic carbocycles. The predicted octanol–water partition coefficient (Wildman–Crippen LogP) is 2.84. The minimum atomic E-state index is 0.233. The number of nitrogens with zero attached hydrogens (tertiary/aromatic N) is 3. The van der Waals surface area contributed by atoms with E-state index in [-0.39, 0.29) is 6.10 Å². The maximum atomic E-state index is 5.48. The first-order valence-electron chi connectivity index (χ1n) is 7.22. The van der Waals surface area contributed by atoms with Gasteiger partial charge in [-0.25, -0.2) is 0 Å². The first-order chi connectivity index (χ1) is 9.78. The van der Waals surface area contributed by atoms with Crippen LogP contribution < -0.4 is 0 Å². The molecule has 1 aliphatic heterocycles. The predicted molar refractivity (Wildman–Crippen MR) is 82.6 cm³/mol. The zero-order chi connectivity index (χ0) is 13.9. The third-order valence-corrected chi connectivity index (χ3v) is 4.59. The Balaban J connectivity index is 1.90. The lowest BCUT2D eigenvalue weighted by atomic mass is 9.92. The van der Waals surface area contributed by atoms with Crippen molar-refractivity contribution in [3.63, 3.8) is 0 Å². The number of hydrogen-bond acceptors (Lipinski definition) is 5. The summed E-state index contributed by atoms with van der Waals surface area (Å²) in [7, 11) is 3.94. The summed E-state index contributed by atoms with van der Waals surface area (Å²) in [5.74, 6) is 0. The average molecular weight is 291 g/mol.